The molecule has 1 aromatic carbocycles. The number of piperidine rings is 2. The van der Waals surface area contributed by atoms with Crippen molar-refractivity contribution in [3.63, 3.8) is 0 Å². The Morgan fingerprint density at radius 3 is 2.56 bits per heavy atom. The quantitative estimate of drug-likeness (QED) is 0.878. The summed E-state index contributed by atoms with van der Waals surface area (Å²) in [6.45, 7) is 5.71. The van der Waals surface area contributed by atoms with Crippen molar-refractivity contribution in [1.82, 2.24) is 14.7 Å². The van der Waals surface area contributed by atoms with Crippen LogP contribution in [0.2, 0.25) is 0 Å². The van der Waals surface area contributed by atoms with Gasteiger partial charge < -0.3 is 19.8 Å². The Labute approximate surface area is 161 Å². The van der Waals surface area contributed by atoms with Crippen LogP contribution < -0.4 is 0 Å². The number of benzene rings is 1. The maximum absolute atomic E-state index is 12.8. The number of nitrogens with zero attached hydrogens (tertiary/aromatic N) is 3. The van der Waals surface area contributed by atoms with E-state index in [4.69, 9.17) is 0 Å². The van der Waals surface area contributed by atoms with Crippen molar-refractivity contribution >= 4 is 11.8 Å². The third-order valence-electron chi connectivity index (χ3n) is 6.13. The number of hydrogen-bond acceptors (Lipinski definition) is 4. The second-order valence-corrected chi connectivity index (χ2v) is 8.41. The second kappa shape index (κ2) is 7.89. The number of rotatable bonds is 4. The van der Waals surface area contributed by atoms with Gasteiger partial charge >= 0.3 is 0 Å². The van der Waals surface area contributed by atoms with Gasteiger partial charge in [0.2, 0.25) is 5.91 Å². The van der Waals surface area contributed by atoms with Crippen LogP contribution in [0, 0.1) is 12.3 Å². The van der Waals surface area contributed by atoms with Gasteiger partial charge in [0.05, 0.1) is 0 Å². The summed E-state index contributed by atoms with van der Waals surface area (Å²) < 4.78 is 0. The molecule has 0 radical (unpaired) electrons. The number of likely N-dealkylation sites (N-methyl/N-ethyl adjacent to an activating group) is 1. The molecule has 0 atom stereocenters. The zero-order valence-electron chi connectivity index (χ0n) is 16.7. The van der Waals surface area contributed by atoms with Crippen molar-refractivity contribution in [3.05, 3.63) is 29.3 Å². The van der Waals surface area contributed by atoms with Crippen molar-refractivity contribution in [2.24, 2.45) is 5.41 Å². The molecule has 2 fully saturated rings. The van der Waals surface area contributed by atoms with Crippen LogP contribution in [-0.4, -0.2) is 78.4 Å². The average Bonchev–Trinajstić information content (AvgIpc) is 2.65. The fourth-order valence-electron chi connectivity index (χ4n) is 4.14. The lowest BCUT2D eigenvalue weighted by Crippen LogP contribution is -2.53. The van der Waals surface area contributed by atoms with Gasteiger partial charge in [0.1, 0.15) is 5.75 Å². The summed E-state index contributed by atoms with van der Waals surface area (Å²) in [5.74, 6) is 0.407. The first kappa shape index (κ1) is 19.7. The van der Waals surface area contributed by atoms with E-state index in [0.717, 1.165) is 44.5 Å². The zero-order valence-corrected chi connectivity index (χ0v) is 16.7. The average molecular weight is 373 g/mol. The van der Waals surface area contributed by atoms with Crippen molar-refractivity contribution in [3.8, 4) is 5.75 Å². The molecule has 2 aliphatic rings. The van der Waals surface area contributed by atoms with E-state index >= 15 is 0 Å². The molecule has 0 aromatic heterocycles. The maximum Gasteiger partial charge on any atom is 0.253 e. The van der Waals surface area contributed by atoms with E-state index < -0.39 is 0 Å². The standard InChI is InChI=1S/C21H31N3O3/c1-16-4-5-17(14-18(16)25)20(27)23-10-8-21(9-11-23)7-6-19(26)24(15-21)13-12-22(2)3/h4-5,14,25H,6-13,15H2,1-3H3. The minimum absolute atomic E-state index is 0.0171. The lowest BCUT2D eigenvalue weighted by atomic mass is 9.72. The van der Waals surface area contributed by atoms with Crippen molar-refractivity contribution < 1.29 is 14.7 Å². The van der Waals surface area contributed by atoms with E-state index in [0.29, 0.717) is 25.1 Å². The molecule has 0 aliphatic carbocycles. The van der Waals surface area contributed by atoms with Crippen molar-refractivity contribution in [1.29, 1.82) is 0 Å². The number of aromatic hydroxyl groups is 1. The Morgan fingerprint density at radius 1 is 1.22 bits per heavy atom. The number of likely N-dealkylation sites (tertiary alicyclic amines) is 2. The molecular weight excluding hydrogens is 342 g/mol. The molecule has 2 heterocycles. The summed E-state index contributed by atoms with van der Waals surface area (Å²) in [4.78, 5) is 31.0. The normalized spacial score (nSPS) is 19.8. The van der Waals surface area contributed by atoms with Crippen LogP contribution in [0.3, 0.4) is 0 Å². The Morgan fingerprint density at radius 2 is 1.93 bits per heavy atom. The van der Waals surface area contributed by atoms with E-state index in [9.17, 15) is 14.7 Å². The number of phenols is 1. The first-order chi connectivity index (χ1) is 12.8. The van der Waals surface area contributed by atoms with Crippen LogP contribution in [0.1, 0.15) is 41.6 Å². The zero-order chi connectivity index (χ0) is 19.6. The topological polar surface area (TPSA) is 64.1 Å². The van der Waals surface area contributed by atoms with Gasteiger partial charge in [-0.2, -0.15) is 0 Å². The molecule has 1 N–H and O–H groups in total. The molecule has 1 spiro atoms. The predicted molar refractivity (Wildman–Crippen MR) is 105 cm³/mol. The first-order valence-electron chi connectivity index (χ1n) is 9.81. The fraction of sp³-hybridized carbons (Fsp3) is 0.619. The largest absolute Gasteiger partial charge is 0.508 e. The molecule has 1 aromatic rings. The highest BCUT2D eigenvalue weighted by molar-refractivity contribution is 5.94. The molecule has 2 aliphatic heterocycles. The van der Waals surface area contributed by atoms with Gasteiger partial charge in [-0.05, 0) is 63.4 Å². The van der Waals surface area contributed by atoms with Crippen LogP contribution in [0.4, 0.5) is 0 Å². The van der Waals surface area contributed by atoms with Crippen LogP contribution in [0.15, 0.2) is 18.2 Å². The molecule has 6 nitrogen and oxygen atoms in total. The van der Waals surface area contributed by atoms with Gasteiger partial charge in [-0.3, -0.25) is 9.59 Å². The van der Waals surface area contributed by atoms with E-state index in [1.54, 1.807) is 18.2 Å². The molecule has 27 heavy (non-hydrogen) atoms. The monoisotopic (exact) mass is 373 g/mol. The highest BCUT2D eigenvalue weighted by atomic mass is 16.3. The molecular formula is C21H31N3O3. The Hall–Kier alpha value is -2.08. The van der Waals surface area contributed by atoms with Gasteiger partial charge in [-0.25, -0.2) is 0 Å². The summed E-state index contributed by atoms with van der Waals surface area (Å²) in [7, 11) is 4.05. The lowest BCUT2D eigenvalue weighted by molar-refractivity contribution is -0.139. The van der Waals surface area contributed by atoms with Gasteiger partial charge in [-0.15, -0.1) is 0 Å². The predicted octanol–water partition coefficient (Wildman–Crippen LogP) is 2.11. The third-order valence-corrected chi connectivity index (χ3v) is 6.13. The number of carbonyl (C=O) groups excluding carboxylic acids is 2. The summed E-state index contributed by atoms with van der Waals surface area (Å²) in [6.07, 6.45) is 3.41. The molecule has 0 bridgehead atoms. The summed E-state index contributed by atoms with van der Waals surface area (Å²) in [6, 6.07) is 5.12. The van der Waals surface area contributed by atoms with Gasteiger partial charge in [0.25, 0.3) is 5.91 Å². The van der Waals surface area contributed by atoms with Crippen LogP contribution in [0.25, 0.3) is 0 Å². The second-order valence-electron chi connectivity index (χ2n) is 8.41. The molecule has 0 unspecified atom stereocenters. The van der Waals surface area contributed by atoms with Crippen molar-refractivity contribution in [2.45, 2.75) is 32.6 Å². The highest BCUT2D eigenvalue weighted by Crippen LogP contribution is 2.40. The van der Waals surface area contributed by atoms with Crippen LogP contribution >= 0.6 is 0 Å². The Kier molecular flexibility index (Phi) is 5.75. The van der Waals surface area contributed by atoms with Gasteiger partial charge in [-0.1, -0.05) is 6.07 Å². The number of phenolic OH excluding ortho intramolecular Hbond substituents is 1. The molecule has 148 valence electrons. The fourth-order valence-corrected chi connectivity index (χ4v) is 4.14. The SMILES string of the molecule is Cc1ccc(C(=O)N2CCC3(CCC(=O)N(CCN(C)C)C3)CC2)cc1O. The number of hydrogen-bond donors (Lipinski definition) is 1. The minimum Gasteiger partial charge on any atom is -0.508 e. The molecule has 6 heteroatoms. The van der Waals surface area contributed by atoms with E-state index in [-0.39, 0.29) is 23.0 Å². The Bertz CT molecular complexity index is 709. The lowest BCUT2D eigenvalue weighted by Gasteiger charge is -2.47. The molecule has 2 saturated heterocycles. The van der Waals surface area contributed by atoms with Crippen molar-refractivity contribution in [2.75, 3.05) is 46.8 Å². The van der Waals surface area contributed by atoms with Gasteiger partial charge in [0.15, 0.2) is 0 Å². The molecule has 0 saturated carbocycles. The van der Waals surface area contributed by atoms with Gasteiger partial charge in [0, 0.05) is 44.7 Å². The number of amides is 2. The highest BCUT2D eigenvalue weighted by Gasteiger charge is 2.41. The van der Waals surface area contributed by atoms with E-state index in [1.807, 2.05) is 30.8 Å². The molecule has 3 rings (SSSR count). The number of carbonyl (C=O) groups is 2. The van der Waals surface area contributed by atoms with E-state index in [2.05, 4.69) is 4.90 Å². The van der Waals surface area contributed by atoms with Crippen LogP contribution in [-0.2, 0) is 4.79 Å². The first-order valence-corrected chi connectivity index (χ1v) is 9.81. The summed E-state index contributed by atoms with van der Waals surface area (Å²) >= 11 is 0. The summed E-state index contributed by atoms with van der Waals surface area (Å²) in [5, 5.41) is 9.88. The van der Waals surface area contributed by atoms with E-state index in [1.165, 1.54) is 0 Å². The van der Waals surface area contributed by atoms with Crippen LogP contribution in [0.5, 0.6) is 5.75 Å². The maximum atomic E-state index is 12.8. The summed E-state index contributed by atoms with van der Waals surface area (Å²) in [5.41, 5.74) is 1.46. The minimum atomic E-state index is -0.0171. The Balaban J connectivity index is 1.61. The third kappa shape index (κ3) is 4.43. The number of aryl methyl sites for hydroxylation is 1. The molecule has 2 amide bonds. The smallest absolute Gasteiger partial charge is 0.253 e.